The second-order valence-electron chi connectivity index (χ2n) is 7.55. The van der Waals surface area contributed by atoms with Crippen LogP contribution in [0, 0.1) is 5.82 Å². The summed E-state index contributed by atoms with van der Waals surface area (Å²) >= 11 is 6.11. The molecule has 1 aromatic carbocycles. The van der Waals surface area contributed by atoms with Gasteiger partial charge in [0.1, 0.15) is 28.3 Å². The fraction of sp³-hybridized carbons (Fsp3) is 0.333. The lowest BCUT2D eigenvalue weighted by Crippen LogP contribution is -2.33. The Morgan fingerprint density at radius 1 is 1.32 bits per heavy atom. The minimum Gasteiger partial charge on any atom is -0.438 e. The molecule has 0 amide bonds. The minimum absolute atomic E-state index is 0.0381. The number of benzene rings is 1. The summed E-state index contributed by atoms with van der Waals surface area (Å²) in [6, 6.07) is 2.07. The van der Waals surface area contributed by atoms with Crippen molar-refractivity contribution >= 4 is 17.3 Å². The van der Waals surface area contributed by atoms with Crippen molar-refractivity contribution in [3.05, 3.63) is 68.2 Å². The molecule has 4 rings (SSSR count). The van der Waals surface area contributed by atoms with Crippen molar-refractivity contribution in [2.75, 3.05) is 11.4 Å². The van der Waals surface area contributed by atoms with Crippen molar-refractivity contribution in [3.63, 3.8) is 0 Å². The maximum Gasteiger partial charge on any atom is 0.420 e. The van der Waals surface area contributed by atoms with Crippen molar-refractivity contribution in [3.8, 4) is 11.6 Å². The molecule has 13 heteroatoms. The number of nitrogens with one attached hydrogen (secondary N) is 1. The first kappa shape index (κ1) is 23.9. The minimum atomic E-state index is -4.86. The van der Waals surface area contributed by atoms with Crippen LogP contribution in [0.2, 0.25) is 5.02 Å². The molecule has 0 saturated carbocycles. The van der Waals surface area contributed by atoms with E-state index < -0.39 is 35.0 Å². The summed E-state index contributed by atoms with van der Waals surface area (Å²) in [5, 5.41) is 16.2. The lowest BCUT2D eigenvalue weighted by molar-refractivity contribution is -0.138. The zero-order valence-corrected chi connectivity index (χ0v) is 18.4. The molecule has 1 atom stereocenters. The van der Waals surface area contributed by atoms with Gasteiger partial charge in [0.05, 0.1) is 24.1 Å². The van der Waals surface area contributed by atoms with Crippen molar-refractivity contribution in [2.45, 2.75) is 38.6 Å². The van der Waals surface area contributed by atoms with E-state index in [1.54, 1.807) is 11.8 Å². The van der Waals surface area contributed by atoms with E-state index in [1.165, 1.54) is 6.20 Å². The van der Waals surface area contributed by atoms with Gasteiger partial charge >= 0.3 is 6.18 Å². The highest BCUT2D eigenvalue weighted by Crippen LogP contribution is 2.40. The smallest absolute Gasteiger partial charge is 0.420 e. The summed E-state index contributed by atoms with van der Waals surface area (Å²) < 4.78 is 59.5. The molecule has 0 aliphatic carbocycles. The zero-order chi connectivity index (χ0) is 24.6. The summed E-state index contributed by atoms with van der Waals surface area (Å²) in [6.45, 7) is 2.10. The number of ether oxygens (including phenoxy) is 1. The lowest BCUT2D eigenvalue weighted by atomic mass is 10.0. The molecule has 0 saturated heterocycles. The van der Waals surface area contributed by atoms with E-state index in [1.807, 2.05) is 0 Å². The number of rotatable bonds is 5. The number of halogens is 5. The standard InChI is InChI=1S/C21H18ClF4N5O3/c1-2-15(32)18-28-13-9-31(14-8-27-30-19(33)17(14)22)6-5-11(13)20(29-18)34-16-4-3-10(23)7-12(16)21(24,25)26/h3-4,7-8,15,32H,2,5-6,9H2,1H3,(H,30,33)/t15-/m1/s1. The van der Waals surface area contributed by atoms with Crippen LogP contribution in [-0.2, 0) is 19.1 Å². The van der Waals surface area contributed by atoms with Gasteiger partial charge in [-0.05, 0) is 31.0 Å². The van der Waals surface area contributed by atoms with Crippen LogP contribution < -0.4 is 15.2 Å². The summed E-state index contributed by atoms with van der Waals surface area (Å²) in [5.74, 6) is -1.90. The molecule has 0 radical (unpaired) electrons. The third kappa shape index (κ3) is 4.68. The van der Waals surface area contributed by atoms with Gasteiger partial charge in [-0.3, -0.25) is 4.79 Å². The number of H-pyrrole nitrogens is 1. The number of aliphatic hydroxyl groups excluding tert-OH is 1. The Hall–Kier alpha value is -3.25. The van der Waals surface area contributed by atoms with Crippen molar-refractivity contribution < 1.29 is 27.4 Å². The van der Waals surface area contributed by atoms with Crippen molar-refractivity contribution in [1.82, 2.24) is 20.2 Å². The Balaban J connectivity index is 1.78. The van der Waals surface area contributed by atoms with E-state index in [0.717, 1.165) is 12.1 Å². The van der Waals surface area contributed by atoms with Crippen LogP contribution >= 0.6 is 11.6 Å². The molecule has 2 aromatic heterocycles. The highest BCUT2D eigenvalue weighted by Gasteiger charge is 2.36. The summed E-state index contributed by atoms with van der Waals surface area (Å²) in [6.07, 6.45) is -4.10. The van der Waals surface area contributed by atoms with E-state index >= 15 is 0 Å². The third-order valence-corrected chi connectivity index (χ3v) is 5.67. The second-order valence-corrected chi connectivity index (χ2v) is 7.92. The number of hydrogen-bond donors (Lipinski definition) is 2. The van der Waals surface area contributed by atoms with Crippen molar-refractivity contribution in [2.24, 2.45) is 0 Å². The van der Waals surface area contributed by atoms with Crippen LogP contribution in [-0.4, -0.2) is 31.8 Å². The molecule has 1 aliphatic heterocycles. The number of aromatic amines is 1. The molecule has 180 valence electrons. The SMILES string of the molecule is CC[C@@H](O)c1nc2c(c(Oc3ccc(F)cc3C(F)(F)F)n1)CCN(c1cn[nH]c(=O)c1Cl)C2. The maximum atomic E-state index is 13.5. The van der Waals surface area contributed by atoms with Crippen LogP contribution in [0.15, 0.2) is 29.2 Å². The molecular formula is C21H18ClF4N5O3. The van der Waals surface area contributed by atoms with Gasteiger partial charge in [-0.2, -0.15) is 23.3 Å². The van der Waals surface area contributed by atoms with E-state index in [9.17, 15) is 27.5 Å². The maximum absolute atomic E-state index is 13.5. The third-order valence-electron chi connectivity index (χ3n) is 5.30. The second kappa shape index (κ2) is 9.18. The molecule has 0 bridgehead atoms. The molecular weight excluding hydrogens is 482 g/mol. The van der Waals surface area contributed by atoms with Gasteiger partial charge in [0.25, 0.3) is 5.56 Å². The molecule has 8 nitrogen and oxygen atoms in total. The molecule has 0 fully saturated rings. The van der Waals surface area contributed by atoms with Crippen LogP contribution in [0.25, 0.3) is 0 Å². The first-order valence-electron chi connectivity index (χ1n) is 10.2. The summed E-state index contributed by atoms with van der Waals surface area (Å²) in [4.78, 5) is 22.1. The van der Waals surface area contributed by atoms with E-state index in [4.69, 9.17) is 16.3 Å². The average Bonchev–Trinajstić information content (AvgIpc) is 2.80. The largest absolute Gasteiger partial charge is 0.438 e. The van der Waals surface area contributed by atoms with Gasteiger partial charge in [-0.1, -0.05) is 18.5 Å². The number of anilines is 1. The number of aliphatic hydroxyl groups is 1. The fourth-order valence-electron chi connectivity index (χ4n) is 3.55. The first-order chi connectivity index (χ1) is 16.1. The van der Waals surface area contributed by atoms with E-state index in [0.29, 0.717) is 29.6 Å². The number of hydrogen-bond acceptors (Lipinski definition) is 7. The van der Waals surface area contributed by atoms with Gasteiger partial charge in [0.2, 0.25) is 5.88 Å². The Morgan fingerprint density at radius 2 is 2.09 bits per heavy atom. The molecule has 1 aliphatic rings. The van der Waals surface area contributed by atoms with Gasteiger partial charge in [-0.25, -0.2) is 14.5 Å². The topological polar surface area (TPSA) is 104 Å². The van der Waals surface area contributed by atoms with Gasteiger partial charge in [0.15, 0.2) is 5.82 Å². The van der Waals surface area contributed by atoms with E-state index in [-0.39, 0.29) is 36.1 Å². The quantitative estimate of drug-likeness (QED) is 0.508. The first-order valence-corrected chi connectivity index (χ1v) is 10.6. The van der Waals surface area contributed by atoms with Crippen molar-refractivity contribution in [1.29, 1.82) is 0 Å². The molecule has 34 heavy (non-hydrogen) atoms. The number of nitrogens with zero attached hydrogens (tertiary/aromatic N) is 4. The van der Waals surface area contributed by atoms with Gasteiger partial charge in [0, 0.05) is 12.1 Å². The monoisotopic (exact) mass is 499 g/mol. The number of alkyl halides is 3. The molecule has 3 heterocycles. The average molecular weight is 500 g/mol. The normalized spacial score (nSPS) is 14.6. The molecule has 3 aromatic rings. The highest BCUT2D eigenvalue weighted by atomic mass is 35.5. The molecule has 2 N–H and O–H groups in total. The Labute approximate surface area is 195 Å². The lowest BCUT2D eigenvalue weighted by Gasteiger charge is -2.31. The Morgan fingerprint density at radius 3 is 2.79 bits per heavy atom. The molecule has 0 unspecified atom stereocenters. The number of aromatic nitrogens is 4. The Kier molecular flexibility index (Phi) is 6.45. The number of fused-ring (bicyclic) bond motifs is 1. The van der Waals surface area contributed by atoms with Gasteiger partial charge in [-0.15, -0.1) is 0 Å². The van der Waals surface area contributed by atoms with Crippen LogP contribution in [0.1, 0.15) is 42.1 Å². The Bertz CT molecular complexity index is 1280. The predicted octanol–water partition coefficient (Wildman–Crippen LogP) is 4.17. The summed E-state index contributed by atoms with van der Waals surface area (Å²) in [5.41, 5.74) is -0.709. The van der Waals surface area contributed by atoms with Gasteiger partial charge < -0.3 is 14.7 Å². The summed E-state index contributed by atoms with van der Waals surface area (Å²) in [7, 11) is 0. The van der Waals surface area contributed by atoms with Crippen LogP contribution in [0.5, 0.6) is 11.6 Å². The zero-order valence-electron chi connectivity index (χ0n) is 17.7. The predicted molar refractivity (Wildman–Crippen MR) is 113 cm³/mol. The fourth-order valence-corrected chi connectivity index (χ4v) is 3.76. The van der Waals surface area contributed by atoms with Crippen LogP contribution in [0.3, 0.4) is 0 Å². The molecule has 0 spiro atoms. The van der Waals surface area contributed by atoms with E-state index in [2.05, 4.69) is 20.2 Å². The highest BCUT2D eigenvalue weighted by molar-refractivity contribution is 6.33. The van der Waals surface area contributed by atoms with Crippen LogP contribution in [0.4, 0.5) is 23.2 Å².